The number of hydrogen-bond acceptors (Lipinski definition) is 4. The molecule has 18 heavy (non-hydrogen) atoms. The molecule has 1 heterocycles. The zero-order valence-corrected chi connectivity index (χ0v) is 10.2. The molecule has 0 bridgehead atoms. The predicted molar refractivity (Wildman–Crippen MR) is 67.2 cm³/mol. The monoisotopic (exact) mass is 248 g/mol. The number of azide groups is 1. The highest BCUT2D eigenvalue weighted by molar-refractivity contribution is 5.27. The van der Waals surface area contributed by atoms with Crippen LogP contribution in [-0.2, 0) is 6.54 Å². The van der Waals surface area contributed by atoms with Gasteiger partial charge in [-0.05, 0) is 23.2 Å². The maximum absolute atomic E-state index is 9.72. The third-order valence-corrected chi connectivity index (χ3v) is 3.10. The molecule has 0 spiro atoms. The third-order valence-electron chi connectivity index (χ3n) is 3.10. The topological polar surface area (TPSA) is 81.5 Å². The zero-order valence-electron chi connectivity index (χ0n) is 10.2. The molecule has 0 radical (unpaired) electrons. The van der Waals surface area contributed by atoms with E-state index in [2.05, 4.69) is 14.9 Å². The molecule has 1 aromatic carbocycles. The maximum Gasteiger partial charge on any atom is 0.118 e. The second-order valence-corrected chi connectivity index (χ2v) is 4.38. The lowest BCUT2D eigenvalue weighted by Gasteiger charge is -2.15. The molecule has 0 saturated carbocycles. The van der Waals surface area contributed by atoms with Gasteiger partial charge in [0.1, 0.15) is 5.75 Å². The van der Waals surface area contributed by atoms with E-state index in [-0.39, 0.29) is 6.04 Å². The van der Waals surface area contributed by atoms with E-state index in [9.17, 15) is 5.11 Å². The number of aliphatic hydroxyl groups excluding tert-OH is 1. The van der Waals surface area contributed by atoms with Crippen LogP contribution in [0.4, 0.5) is 0 Å². The Morgan fingerprint density at radius 3 is 2.78 bits per heavy atom. The Hall–Kier alpha value is -1.75. The van der Waals surface area contributed by atoms with Gasteiger partial charge in [0.2, 0.25) is 0 Å². The van der Waals surface area contributed by atoms with Gasteiger partial charge in [0.15, 0.2) is 0 Å². The molecular weight excluding hydrogens is 232 g/mol. The molecule has 1 unspecified atom stereocenters. The van der Waals surface area contributed by atoms with Crippen molar-refractivity contribution in [2.75, 3.05) is 20.2 Å². The van der Waals surface area contributed by atoms with Crippen LogP contribution in [0.15, 0.2) is 29.4 Å². The number of hydrogen-bond donors (Lipinski definition) is 1. The van der Waals surface area contributed by atoms with Gasteiger partial charge < -0.3 is 9.84 Å². The molecule has 6 nitrogen and oxygen atoms in total. The summed E-state index contributed by atoms with van der Waals surface area (Å²) in [4.78, 5) is 4.83. The fraction of sp³-hybridized carbons (Fsp3) is 0.500. The molecule has 0 amide bonds. The Bertz CT molecular complexity index is 442. The van der Waals surface area contributed by atoms with Crippen LogP contribution >= 0.6 is 0 Å². The Morgan fingerprint density at radius 2 is 2.17 bits per heavy atom. The van der Waals surface area contributed by atoms with E-state index in [1.165, 1.54) is 0 Å². The van der Waals surface area contributed by atoms with Crippen molar-refractivity contribution < 1.29 is 9.84 Å². The average Bonchev–Trinajstić information content (AvgIpc) is 2.71. The number of rotatable bonds is 4. The first kappa shape index (κ1) is 12.7. The van der Waals surface area contributed by atoms with Crippen molar-refractivity contribution in [2.45, 2.75) is 18.7 Å². The number of β-amino-alcohol motifs (C(OH)–C–C–N with tert-alkyl or cyclic N) is 1. The Balaban J connectivity index is 1.96. The highest BCUT2D eigenvalue weighted by Gasteiger charge is 2.30. The lowest BCUT2D eigenvalue weighted by Crippen LogP contribution is -2.21. The van der Waals surface area contributed by atoms with Crippen molar-refractivity contribution in [1.82, 2.24) is 4.90 Å². The minimum absolute atomic E-state index is 0.340. The van der Waals surface area contributed by atoms with E-state index in [1.807, 2.05) is 24.3 Å². The highest BCUT2D eigenvalue weighted by Crippen LogP contribution is 2.18. The molecule has 1 saturated heterocycles. The second kappa shape index (κ2) is 5.73. The van der Waals surface area contributed by atoms with Crippen LogP contribution in [0.25, 0.3) is 10.4 Å². The number of benzene rings is 1. The average molecular weight is 248 g/mol. The summed E-state index contributed by atoms with van der Waals surface area (Å²) in [7, 11) is 1.64. The van der Waals surface area contributed by atoms with Crippen molar-refractivity contribution in [3.8, 4) is 5.75 Å². The second-order valence-electron chi connectivity index (χ2n) is 4.38. The summed E-state index contributed by atoms with van der Waals surface area (Å²) >= 11 is 0. The summed E-state index contributed by atoms with van der Waals surface area (Å²) in [5.74, 6) is 0.826. The lowest BCUT2D eigenvalue weighted by molar-refractivity contribution is 0.164. The zero-order chi connectivity index (χ0) is 13.0. The van der Waals surface area contributed by atoms with Gasteiger partial charge in [-0.25, -0.2) is 0 Å². The largest absolute Gasteiger partial charge is 0.497 e. The maximum atomic E-state index is 9.72. The number of ether oxygens (including phenoxy) is 1. The van der Waals surface area contributed by atoms with Crippen LogP contribution in [0.1, 0.15) is 5.56 Å². The van der Waals surface area contributed by atoms with Crippen LogP contribution < -0.4 is 4.74 Å². The molecule has 1 aliphatic heterocycles. The fourth-order valence-corrected chi connectivity index (χ4v) is 2.15. The quantitative estimate of drug-likeness (QED) is 0.498. The van der Waals surface area contributed by atoms with E-state index in [0.29, 0.717) is 13.1 Å². The van der Waals surface area contributed by atoms with Crippen LogP contribution in [0, 0.1) is 0 Å². The van der Waals surface area contributed by atoms with Crippen molar-refractivity contribution in [3.63, 3.8) is 0 Å². The summed E-state index contributed by atoms with van der Waals surface area (Å²) in [6, 6.07) is 7.46. The molecule has 6 heteroatoms. The Kier molecular flexibility index (Phi) is 4.04. The first-order chi connectivity index (χ1) is 8.72. The van der Waals surface area contributed by atoms with Gasteiger partial charge in [0.25, 0.3) is 0 Å². The molecule has 1 aromatic rings. The lowest BCUT2D eigenvalue weighted by atomic mass is 10.2. The van der Waals surface area contributed by atoms with Crippen LogP contribution in [0.5, 0.6) is 5.75 Å². The summed E-state index contributed by atoms with van der Waals surface area (Å²) in [6.07, 6.45) is -0.570. The molecule has 1 aliphatic rings. The Labute approximate surface area is 105 Å². The minimum atomic E-state index is -0.570. The van der Waals surface area contributed by atoms with E-state index >= 15 is 0 Å². The Morgan fingerprint density at radius 1 is 1.44 bits per heavy atom. The van der Waals surface area contributed by atoms with Crippen molar-refractivity contribution in [2.24, 2.45) is 5.11 Å². The van der Waals surface area contributed by atoms with Gasteiger partial charge in [0, 0.05) is 24.5 Å². The van der Waals surface area contributed by atoms with Crippen LogP contribution in [-0.4, -0.2) is 42.4 Å². The predicted octanol–water partition coefficient (Wildman–Crippen LogP) is 1.55. The van der Waals surface area contributed by atoms with Crippen LogP contribution in [0.3, 0.4) is 0 Å². The summed E-state index contributed by atoms with van der Waals surface area (Å²) in [6.45, 7) is 1.87. The fourth-order valence-electron chi connectivity index (χ4n) is 2.15. The summed E-state index contributed by atoms with van der Waals surface area (Å²) in [5, 5.41) is 13.3. The van der Waals surface area contributed by atoms with E-state index < -0.39 is 6.10 Å². The molecule has 2 rings (SSSR count). The molecule has 0 aliphatic carbocycles. The molecule has 2 atom stereocenters. The van der Waals surface area contributed by atoms with Gasteiger partial charge in [0.05, 0.1) is 19.3 Å². The van der Waals surface area contributed by atoms with E-state index in [4.69, 9.17) is 10.3 Å². The van der Waals surface area contributed by atoms with E-state index in [1.54, 1.807) is 7.11 Å². The molecule has 96 valence electrons. The first-order valence-electron chi connectivity index (χ1n) is 5.80. The van der Waals surface area contributed by atoms with E-state index in [0.717, 1.165) is 17.9 Å². The van der Waals surface area contributed by atoms with Gasteiger partial charge >= 0.3 is 0 Å². The molecule has 1 fully saturated rings. The minimum Gasteiger partial charge on any atom is -0.497 e. The smallest absolute Gasteiger partial charge is 0.118 e. The number of likely N-dealkylation sites (tertiary alicyclic amines) is 1. The van der Waals surface area contributed by atoms with Crippen molar-refractivity contribution in [3.05, 3.63) is 40.3 Å². The SMILES string of the molecule is COc1ccc(CN2CC(O)[C@H](N=[N+]=[N-])C2)cc1. The number of aliphatic hydroxyl groups is 1. The van der Waals surface area contributed by atoms with Crippen molar-refractivity contribution >= 4 is 0 Å². The van der Waals surface area contributed by atoms with Gasteiger partial charge in [-0.2, -0.15) is 0 Å². The van der Waals surface area contributed by atoms with Gasteiger partial charge in [-0.3, -0.25) is 4.90 Å². The third kappa shape index (κ3) is 2.92. The summed E-state index contributed by atoms with van der Waals surface area (Å²) in [5.41, 5.74) is 9.54. The van der Waals surface area contributed by atoms with Crippen LogP contribution in [0.2, 0.25) is 0 Å². The van der Waals surface area contributed by atoms with Gasteiger partial charge in [-0.1, -0.05) is 17.2 Å². The number of nitrogens with zero attached hydrogens (tertiary/aromatic N) is 4. The highest BCUT2D eigenvalue weighted by atomic mass is 16.5. The number of methoxy groups -OCH3 is 1. The standard InChI is InChI=1S/C12H16N4O2/c1-18-10-4-2-9(3-5-10)6-16-7-11(14-15-13)12(17)8-16/h2-5,11-12,17H,6-8H2,1H3/t11-,12?/m1/s1. The van der Waals surface area contributed by atoms with Crippen molar-refractivity contribution in [1.29, 1.82) is 0 Å². The first-order valence-corrected chi connectivity index (χ1v) is 5.80. The molecule has 1 N–H and O–H groups in total. The molecular formula is C12H16N4O2. The normalized spacial score (nSPS) is 23.7. The molecule has 0 aromatic heterocycles. The summed E-state index contributed by atoms with van der Waals surface area (Å²) < 4.78 is 5.10. The van der Waals surface area contributed by atoms with Gasteiger partial charge in [-0.15, -0.1) is 0 Å².